The maximum atomic E-state index is 4.09. The number of aromatic nitrogens is 2. The summed E-state index contributed by atoms with van der Waals surface area (Å²) in [6, 6.07) is 1.27. The second-order valence-corrected chi connectivity index (χ2v) is 5.83. The molecule has 0 spiro atoms. The zero-order valence-electron chi connectivity index (χ0n) is 11.8. The van der Waals surface area contributed by atoms with Gasteiger partial charge in [0.1, 0.15) is 0 Å². The molecule has 1 aliphatic rings. The van der Waals surface area contributed by atoms with E-state index < -0.39 is 0 Å². The molecule has 3 heteroatoms. The van der Waals surface area contributed by atoms with Gasteiger partial charge in [-0.1, -0.05) is 19.8 Å². The molecule has 1 heterocycles. The summed E-state index contributed by atoms with van der Waals surface area (Å²) in [5.74, 6) is 0.997. The van der Waals surface area contributed by atoms with E-state index in [1.165, 1.54) is 38.5 Å². The van der Waals surface area contributed by atoms with Gasteiger partial charge >= 0.3 is 0 Å². The average molecular weight is 249 g/mol. The fourth-order valence-electron chi connectivity index (χ4n) is 3.19. The summed E-state index contributed by atoms with van der Waals surface area (Å²) < 4.78 is 2.15. The van der Waals surface area contributed by atoms with Crippen LogP contribution in [-0.4, -0.2) is 21.6 Å². The van der Waals surface area contributed by atoms with Crippen LogP contribution in [0.1, 0.15) is 52.4 Å². The molecule has 0 aromatic carbocycles. The Kier molecular flexibility index (Phi) is 5.24. The minimum Gasteiger partial charge on any atom is -0.336 e. The predicted molar refractivity (Wildman–Crippen MR) is 75.5 cm³/mol. The Hall–Kier alpha value is -0.830. The molecule has 0 radical (unpaired) electrons. The van der Waals surface area contributed by atoms with Crippen molar-refractivity contribution >= 4 is 0 Å². The Morgan fingerprint density at radius 1 is 1.33 bits per heavy atom. The van der Waals surface area contributed by atoms with Gasteiger partial charge < -0.3 is 9.88 Å². The van der Waals surface area contributed by atoms with E-state index in [1.54, 1.807) is 0 Å². The Bertz CT molecular complexity index is 312. The van der Waals surface area contributed by atoms with E-state index in [2.05, 4.69) is 28.7 Å². The first-order valence-corrected chi connectivity index (χ1v) is 7.49. The third-order valence-corrected chi connectivity index (χ3v) is 4.11. The van der Waals surface area contributed by atoms with Crippen LogP contribution in [-0.2, 0) is 6.54 Å². The summed E-state index contributed by atoms with van der Waals surface area (Å²) in [5.41, 5.74) is 0. The van der Waals surface area contributed by atoms with Crippen molar-refractivity contribution in [3.8, 4) is 0 Å². The van der Waals surface area contributed by atoms with Gasteiger partial charge in [0.2, 0.25) is 0 Å². The quantitative estimate of drug-likeness (QED) is 0.839. The molecule has 0 saturated heterocycles. The normalized spacial score (nSPS) is 26.1. The van der Waals surface area contributed by atoms with Crippen LogP contribution in [0.15, 0.2) is 18.7 Å². The van der Waals surface area contributed by atoms with Crippen molar-refractivity contribution in [2.75, 3.05) is 0 Å². The highest BCUT2D eigenvalue weighted by atomic mass is 15.1. The molecule has 1 atom stereocenters. The molecule has 18 heavy (non-hydrogen) atoms. The smallest absolute Gasteiger partial charge is 0.0946 e. The summed E-state index contributed by atoms with van der Waals surface area (Å²) in [4.78, 5) is 4.09. The molecule has 1 aliphatic carbocycles. The van der Waals surface area contributed by atoms with Gasteiger partial charge in [-0.2, -0.15) is 0 Å². The zero-order chi connectivity index (χ0) is 12.8. The van der Waals surface area contributed by atoms with Crippen LogP contribution in [0.2, 0.25) is 0 Å². The monoisotopic (exact) mass is 249 g/mol. The summed E-state index contributed by atoms with van der Waals surface area (Å²) in [6.07, 6.45) is 14.1. The second-order valence-electron chi connectivity index (χ2n) is 5.83. The van der Waals surface area contributed by atoms with Gasteiger partial charge in [0, 0.05) is 31.0 Å². The fraction of sp³-hybridized carbons (Fsp3) is 0.800. The van der Waals surface area contributed by atoms with Gasteiger partial charge in [0.25, 0.3) is 0 Å². The number of nitrogens with one attached hydrogen (secondary N) is 1. The number of rotatable bonds is 6. The molecule has 0 amide bonds. The van der Waals surface area contributed by atoms with Crippen molar-refractivity contribution in [1.82, 2.24) is 14.9 Å². The fourth-order valence-corrected chi connectivity index (χ4v) is 3.19. The molecule has 1 aromatic heterocycles. The molecule has 1 fully saturated rings. The second kappa shape index (κ2) is 6.93. The zero-order valence-corrected chi connectivity index (χ0v) is 11.8. The van der Waals surface area contributed by atoms with Crippen LogP contribution >= 0.6 is 0 Å². The summed E-state index contributed by atoms with van der Waals surface area (Å²) in [6.45, 7) is 5.60. The first-order valence-electron chi connectivity index (χ1n) is 7.49. The molecule has 102 valence electrons. The number of nitrogens with zero attached hydrogens (tertiary/aromatic N) is 2. The molecule has 0 aliphatic heterocycles. The minimum atomic E-state index is 0.534. The first-order chi connectivity index (χ1) is 8.78. The lowest BCUT2D eigenvalue weighted by atomic mass is 9.83. The molecule has 1 unspecified atom stereocenters. The van der Waals surface area contributed by atoms with Crippen LogP contribution in [0.5, 0.6) is 0 Å². The van der Waals surface area contributed by atoms with Crippen LogP contribution in [0.25, 0.3) is 0 Å². The Labute approximate surface area is 111 Å². The van der Waals surface area contributed by atoms with Crippen molar-refractivity contribution in [3.63, 3.8) is 0 Å². The standard InChI is InChI=1S/C15H27N3/c1-3-4-14-5-7-15(8-6-14)17-13(2)11-18-10-9-16-12-18/h9-10,12-15,17H,3-8,11H2,1-2H3. The van der Waals surface area contributed by atoms with E-state index in [9.17, 15) is 0 Å². The number of hydrogen-bond acceptors (Lipinski definition) is 2. The van der Waals surface area contributed by atoms with E-state index in [0.29, 0.717) is 6.04 Å². The van der Waals surface area contributed by atoms with Crippen molar-refractivity contribution in [2.24, 2.45) is 5.92 Å². The maximum Gasteiger partial charge on any atom is 0.0946 e. The van der Waals surface area contributed by atoms with Gasteiger partial charge in [-0.05, 0) is 38.5 Å². The Morgan fingerprint density at radius 2 is 2.11 bits per heavy atom. The Morgan fingerprint density at radius 3 is 2.72 bits per heavy atom. The van der Waals surface area contributed by atoms with E-state index >= 15 is 0 Å². The molecule has 3 nitrogen and oxygen atoms in total. The van der Waals surface area contributed by atoms with Gasteiger partial charge in [0.15, 0.2) is 0 Å². The van der Waals surface area contributed by atoms with E-state index in [4.69, 9.17) is 0 Å². The maximum absolute atomic E-state index is 4.09. The van der Waals surface area contributed by atoms with E-state index in [-0.39, 0.29) is 0 Å². The SMILES string of the molecule is CCCC1CCC(NC(C)Cn2ccnc2)CC1. The van der Waals surface area contributed by atoms with E-state index in [0.717, 1.165) is 18.5 Å². The number of hydrogen-bond donors (Lipinski definition) is 1. The Balaban J connectivity index is 1.68. The number of imidazole rings is 1. The highest BCUT2D eigenvalue weighted by Crippen LogP contribution is 2.27. The first kappa shape index (κ1) is 13.6. The lowest BCUT2D eigenvalue weighted by Crippen LogP contribution is -2.40. The lowest BCUT2D eigenvalue weighted by Gasteiger charge is -2.31. The van der Waals surface area contributed by atoms with Crippen LogP contribution in [0, 0.1) is 5.92 Å². The minimum absolute atomic E-state index is 0.534. The van der Waals surface area contributed by atoms with Crippen LogP contribution in [0.3, 0.4) is 0 Å². The molecule has 2 rings (SSSR count). The van der Waals surface area contributed by atoms with Crippen molar-refractivity contribution < 1.29 is 0 Å². The summed E-state index contributed by atoms with van der Waals surface area (Å²) in [7, 11) is 0. The molecule has 1 N–H and O–H groups in total. The lowest BCUT2D eigenvalue weighted by molar-refractivity contribution is 0.260. The highest BCUT2D eigenvalue weighted by Gasteiger charge is 2.21. The van der Waals surface area contributed by atoms with Gasteiger partial charge in [-0.3, -0.25) is 0 Å². The summed E-state index contributed by atoms with van der Waals surface area (Å²) >= 11 is 0. The molecule has 1 saturated carbocycles. The topological polar surface area (TPSA) is 29.9 Å². The third kappa shape index (κ3) is 4.13. The van der Waals surface area contributed by atoms with Crippen molar-refractivity contribution in [3.05, 3.63) is 18.7 Å². The van der Waals surface area contributed by atoms with Gasteiger partial charge in [0.05, 0.1) is 6.33 Å². The summed E-state index contributed by atoms with van der Waals surface area (Å²) in [5, 5.41) is 3.77. The van der Waals surface area contributed by atoms with Crippen LogP contribution < -0.4 is 5.32 Å². The molecular formula is C15H27N3. The van der Waals surface area contributed by atoms with Gasteiger partial charge in [-0.25, -0.2) is 4.98 Å². The molecular weight excluding hydrogens is 222 g/mol. The van der Waals surface area contributed by atoms with Crippen molar-refractivity contribution in [1.29, 1.82) is 0 Å². The largest absolute Gasteiger partial charge is 0.336 e. The third-order valence-electron chi connectivity index (χ3n) is 4.11. The average Bonchev–Trinajstić information content (AvgIpc) is 2.84. The predicted octanol–water partition coefficient (Wildman–Crippen LogP) is 3.22. The van der Waals surface area contributed by atoms with Gasteiger partial charge in [-0.15, -0.1) is 0 Å². The van der Waals surface area contributed by atoms with Crippen molar-refractivity contribution in [2.45, 2.75) is 71.0 Å². The molecule has 0 bridgehead atoms. The highest BCUT2D eigenvalue weighted by molar-refractivity contribution is 4.81. The van der Waals surface area contributed by atoms with Crippen LogP contribution in [0.4, 0.5) is 0 Å². The molecule has 1 aromatic rings. The van der Waals surface area contributed by atoms with E-state index in [1.807, 2.05) is 18.7 Å².